The number of carbonyl (C=O) groups excluding carboxylic acids is 2. The molecule has 0 aromatic heterocycles. The molecule has 0 bridgehead atoms. The Morgan fingerprint density at radius 3 is 2.31 bits per heavy atom. The number of morpholine rings is 2. The lowest BCUT2D eigenvalue weighted by Crippen LogP contribution is -2.51. The fourth-order valence-corrected chi connectivity index (χ4v) is 7.96. The van der Waals surface area contributed by atoms with Crippen molar-refractivity contribution in [2.24, 2.45) is 5.92 Å². The summed E-state index contributed by atoms with van der Waals surface area (Å²) in [5, 5.41) is 26.8. The summed E-state index contributed by atoms with van der Waals surface area (Å²) in [6.45, 7) is 5.75. The minimum absolute atomic E-state index is 0.127. The number of anilines is 1. The minimum atomic E-state index is -3.68. The molecule has 284 valence electrons. The molecule has 51 heavy (non-hydrogen) atoms. The van der Waals surface area contributed by atoms with Gasteiger partial charge in [-0.2, -0.15) is 4.31 Å². The number of nitrogens with one attached hydrogen (secondary N) is 5. The van der Waals surface area contributed by atoms with Crippen molar-refractivity contribution >= 4 is 44.9 Å². The highest BCUT2D eigenvalue weighted by molar-refractivity contribution is 7.89. The maximum atomic E-state index is 14.0. The first-order valence-electron chi connectivity index (χ1n) is 18.1. The second kappa shape index (κ2) is 21.5. The molecule has 6 N–H and O–H groups in total. The molecule has 2 saturated heterocycles. The summed E-state index contributed by atoms with van der Waals surface area (Å²) in [5.74, 6) is 5.71. The number of amides is 2. The Bertz CT molecular complexity index is 1420. The first-order valence-corrected chi connectivity index (χ1v) is 19.9. The topological polar surface area (TPSA) is 174 Å². The summed E-state index contributed by atoms with van der Waals surface area (Å²) in [7, 11) is -1.98. The van der Waals surface area contributed by atoms with Gasteiger partial charge < -0.3 is 41.2 Å². The van der Waals surface area contributed by atoms with E-state index in [1.807, 2.05) is 0 Å². The maximum Gasteiger partial charge on any atom is 0.243 e. The van der Waals surface area contributed by atoms with Crippen LogP contribution in [0, 0.1) is 17.8 Å². The lowest BCUT2D eigenvalue weighted by atomic mass is 9.83. The normalized spacial score (nSPS) is 19.4. The van der Waals surface area contributed by atoms with E-state index in [4.69, 9.17) is 21.7 Å². The van der Waals surface area contributed by atoms with E-state index in [1.54, 1.807) is 19.2 Å². The summed E-state index contributed by atoms with van der Waals surface area (Å²) in [4.78, 5) is 29.2. The zero-order valence-electron chi connectivity index (χ0n) is 29.7. The van der Waals surface area contributed by atoms with E-state index in [1.165, 1.54) is 22.9 Å². The van der Waals surface area contributed by atoms with Gasteiger partial charge in [-0.15, -0.1) is 0 Å². The molecule has 0 radical (unpaired) electrons. The fourth-order valence-electron chi connectivity index (χ4n) is 6.48. The molecule has 2 amide bonds. The van der Waals surface area contributed by atoms with E-state index in [0.717, 1.165) is 38.8 Å². The van der Waals surface area contributed by atoms with Gasteiger partial charge in [0, 0.05) is 58.4 Å². The van der Waals surface area contributed by atoms with Gasteiger partial charge in [0.1, 0.15) is 6.04 Å². The molecule has 4 rings (SSSR count). The Kier molecular flexibility index (Phi) is 17.2. The van der Waals surface area contributed by atoms with Crippen LogP contribution in [-0.2, 0) is 29.1 Å². The number of ether oxygens (including phenoxy) is 2. The predicted octanol–water partition coefficient (Wildman–Crippen LogP) is 0.630. The average Bonchev–Trinajstić information content (AvgIpc) is 3.15. The number of aliphatic hydroxyl groups is 1. The Morgan fingerprint density at radius 2 is 1.65 bits per heavy atom. The molecule has 1 saturated carbocycles. The van der Waals surface area contributed by atoms with Crippen LogP contribution in [0.2, 0.25) is 0 Å². The predicted molar refractivity (Wildman–Crippen MR) is 199 cm³/mol. The maximum absolute atomic E-state index is 14.0. The third kappa shape index (κ3) is 13.8. The highest BCUT2D eigenvalue weighted by Crippen LogP contribution is 2.28. The van der Waals surface area contributed by atoms with Crippen molar-refractivity contribution in [2.45, 2.75) is 74.4 Å². The van der Waals surface area contributed by atoms with Crippen LogP contribution in [0.1, 0.15) is 51.4 Å². The molecule has 0 spiro atoms. The fraction of sp³-hybridized carbons (Fsp3) is 0.686. The second-order valence-electron chi connectivity index (χ2n) is 13.2. The highest BCUT2D eigenvalue weighted by atomic mass is 32.2. The number of carbonyl (C=O) groups is 2. The molecule has 1 aromatic carbocycles. The number of aliphatic hydroxyl groups excluding tert-OH is 1. The Labute approximate surface area is 308 Å². The quantitative estimate of drug-likeness (QED) is 0.103. The van der Waals surface area contributed by atoms with E-state index >= 15 is 0 Å². The molecule has 1 aliphatic carbocycles. The number of thiocarbonyl (C=S) groups is 1. The lowest BCUT2D eigenvalue weighted by molar-refractivity contribution is -0.127. The summed E-state index contributed by atoms with van der Waals surface area (Å²) < 4.78 is 38.4. The van der Waals surface area contributed by atoms with Crippen LogP contribution in [0.5, 0.6) is 0 Å². The summed E-state index contributed by atoms with van der Waals surface area (Å²) in [5.41, 5.74) is 0.538. The average molecular weight is 750 g/mol. The zero-order chi connectivity index (χ0) is 36.5. The third-order valence-electron chi connectivity index (χ3n) is 9.47. The van der Waals surface area contributed by atoms with Crippen LogP contribution in [0.25, 0.3) is 0 Å². The lowest BCUT2D eigenvalue weighted by Gasteiger charge is -2.31. The molecule has 2 heterocycles. The van der Waals surface area contributed by atoms with Crippen LogP contribution < -0.4 is 26.6 Å². The molecule has 2 aliphatic heterocycles. The van der Waals surface area contributed by atoms with E-state index in [-0.39, 0.29) is 36.1 Å². The summed E-state index contributed by atoms with van der Waals surface area (Å²) >= 11 is 5.11. The van der Waals surface area contributed by atoms with Crippen molar-refractivity contribution in [2.75, 3.05) is 84.6 Å². The Morgan fingerprint density at radius 1 is 0.980 bits per heavy atom. The molecule has 1 aromatic rings. The van der Waals surface area contributed by atoms with Crippen molar-refractivity contribution in [3.63, 3.8) is 0 Å². The zero-order valence-corrected chi connectivity index (χ0v) is 31.3. The molecule has 0 unspecified atom stereocenters. The third-order valence-corrected chi connectivity index (χ3v) is 11.7. The number of sulfonamides is 1. The number of benzene rings is 1. The van der Waals surface area contributed by atoms with Gasteiger partial charge in [0.05, 0.1) is 56.4 Å². The van der Waals surface area contributed by atoms with Crippen LogP contribution in [-0.4, -0.2) is 137 Å². The van der Waals surface area contributed by atoms with Crippen molar-refractivity contribution in [1.82, 2.24) is 30.5 Å². The summed E-state index contributed by atoms with van der Waals surface area (Å²) in [6, 6.07) is 4.82. The standard InChI is InChI=1S/C35H55N7O7S2/c1-36-35(50)38-14-6-5-9-30(39-28-10-12-29(13-11-28)51(46,47)42-19-23-49-24-20-42)34(45)40-31(25-27-7-3-2-4-8-27)32(43)26-33(44)37-15-16-41-17-21-48-22-18-41/h10-13,27,30-32,39,43H,2-4,7-9,14-26H2,1H3,(H,37,44)(H,40,45)(H2,36,38,50)/t30-,31-,32-/m0/s1. The van der Waals surface area contributed by atoms with Crippen molar-refractivity contribution in [3.05, 3.63) is 24.3 Å². The van der Waals surface area contributed by atoms with Gasteiger partial charge in [-0.3, -0.25) is 14.5 Å². The van der Waals surface area contributed by atoms with E-state index < -0.39 is 28.2 Å². The molecule has 16 heteroatoms. The van der Waals surface area contributed by atoms with E-state index in [0.29, 0.717) is 75.7 Å². The van der Waals surface area contributed by atoms with Gasteiger partial charge in [0.2, 0.25) is 21.8 Å². The van der Waals surface area contributed by atoms with Gasteiger partial charge in [0.15, 0.2) is 5.11 Å². The van der Waals surface area contributed by atoms with Gasteiger partial charge in [-0.05, 0) is 48.8 Å². The van der Waals surface area contributed by atoms with Crippen molar-refractivity contribution < 1.29 is 32.6 Å². The molecular weight excluding hydrogens is 695 g/mol. The monoisotopic (exact) mass is 749 g/mol. The minimum Gasteiger partial charge on any atom is -0.390 e. The van der Waals surface area contributed by atoms with Crippen molar-refractivity contribution in [3.8, 4) is 11.8 Å². The number of hydrogen-bond donors (Lipinski definition) is 6. The number of nitrogens with zero attached hydrogens (tertiary/aromatic N) is 2. The smallest absolute Gasteiger partial charge is 0.243 e. The Balaban J connectivity index is 1.44. The number of rotatable bonds is 16. The van der Waals surface area contributed by atoms with Gasteiger partial charge in [-0.1, -0.05) is 43.9 Å². The van der Waals surface area contributed by atoms with Gasteiger partial charge >= 0.3 is 0 Å². The molecule has 3 aliphatic rings. The molecular formula is C35H55N7O7S2. The van der Waals surface area contributed by atoms with Crippen LogP contribution in [0.4, 0.5) is 5.69 Å². The first-order chi connectivity index (χ1) is 24.7. The van der Waals surface area contributed by atoms with Crippen LogP contribution >= 0.6 is 12.2 Å². The first kappa shape index (κ1) is 40.7. The Hall–Kier alpha value is -3.04. The highest BCUT2D eigenvalue weighted by Gasteiger charge is 2.31. The molecule has 3 atom stereocenters. The largest absolute Gasteiger partial charge is 0.390 e. The SMILES string of the molecule is CNC(=S)NCC#CC[C@H](Nc1ccc(S(=O)(=O)N2CCOCC2)cc1)C(=O)N[C@@H](CC1CCCCC1)[C@@H](O)CC(=O)NCCN1CCOCC1. The van der Waals surface area contributed by atoms with Gasteiger partial charge in [-0.25, -0.2) is 8.42 Å². The van der Waals surface area contributed by atoms with Crippen molar-refractivity contribution in [1.29, 1.82) is 0 Å². The van der Waals surface area contributed by atoms with Gasteiger partial charge in [0.25, 0.3) is 0 Å². The summed E-state index contributed by atoms with van der Waals surface area (Å²) in [6.07, 6.45) is 4.88. The van der Waals surface area contributed by atoms with E-state index in [2.05, 4.69) is 43.3 Å². The molecule has 14 nitrogen and oxygen atoms in total. The second-order valence-corrected chi connectivity index (χ2v) is 15.5. The number of hydrogen-bond acceptors (Lipinski definition) is 10. The van der Waals surface area contributed by atoms with Crippen LogP contribution in [0.15, 0.2) is 29.2 Å². The van der Waals surface area contributed by atoms with E-state index in [9.17, 15) is 23.1 Å². The van der Waals surface area contributed by atoms with Crippen LogP contribution in [0.3, 0.4) is 0 Å². The molecule has 3 fully saturated rings.